The number of nitrogens with zero attached hydrogens (tertiary/aromatic N) is 4. The second-order valence-corrected chi connectivity index (χ2v) is 7.86. The van der Waals surface area contributed by atoms with Crippen LogP contribution >= 0.6 is 0 Å². The smallest absolute Gasteiger partial charge is 0.255 e. The van der Waals surface area contributed by atoms with Gasteiger partial charge >= 0.3 is 0 Å². The number of carbonyl (C=O) groups excluding carboxylic acids is 1. The first-order chi connectivity index (χ1) is 13.6. The van der Waals surface area contributed by atoms with E-state index < -0.39 is 0 Å². The molecule has 7 nitrogen and oxygen atoms in total. The van der Waals surface area contributed by atoms with E-state index in [-0.39, 0.29) is 11.9 Å². The van der Waals surface area contributed by atoms with Gasteiger partial charge in [0.15, 0.2) is 0 Å². The Morgan fingerprint density at radius 1 is 1.29 bits per heavy atom. The van der Waals surface area contributed by atoms with Crippen LogP contribution in [0.25, 0.3) is 11.4 Å². The van der Waals surface area contributed by atoms with Crippen LogP contribution in [0.3, 0.4) is 0 Å². The maximum absolute atomic E-state index is 12.6. The molecule has 1 atom stereocenters. The van der Waals surface area contributed by atoms with Gasteiger partial charge in [0.1, 0.15) is 0 Å². The number of hydrogen-bond donors (Lipinski definition) is 1. The van der Waals surface area contributed by atoms with Crippen molar-refractivity contribution in [3.63, 3.8) is 0 Å². The van der Waals surface area contributed by atoms with Crippen LogP contribution in [0.4, 0.5) is 0 Å². The molecule has 5 rings (SSSR count). The van der Waals surface area contributed by atoms with E-state index in [1.54, 1.807) is 10.9 Å². The van der Waals surface area contributed by atoms with E-state index in [2.05, 4.69) is 32.7 Å². The summed E-state index contributed by atoms with van der Waals surface area (Å²) in [4.78, 5) is 17.2. The van der Waals surface area contributed by atoms with Crippen molar-refractivity contribution in [2.24, 2.45) is 7.05 Å². The minimum Gasteiger partial charge on any atom is -0.345 e. The second kappa shape index (κ2) is 6.58. The molecule has 0 spiro atoms. The van der Waals surface area contributed by atoms with Crippen molar-refractivity contribution in [1.82, 2.24) is 25.2 Å². The molecule has 2 aromatic heterocycles. The average Bonchev–Trinajstić information content (AvgIpc) is 3.33. The number of nitrogens with one attached hydrogen (secondary N) is 1. The van der Waals surface area contributed by atoms with Gasteiger partial charge in [-0.2, -0.15) is 10.1 Å². The van der Waals surface area contributed by atoms with Crippen LogP contribution in [0.1, 0.15) is 70.7 Å². The van der Waals surface area contributed by atoms with Gasteiger partial charge in [-0.05, 0) is 49.8 Å². The highest BCUT2D eigenvalue weighted by molar-refractivity contribution is 5.95. The third-order valence-corrected chi connectivity index (χ3v) is 5.94. The topological polar surface area (TPSA) is 85.8 Å². The van der Waals surface area contributed by atoms with Crippen molar-refractivity contribution >= 4 is 5.91 Å². The van der Waals surface area contributed by atoms with Crippen molar-refractivity contribution in [1.29, 1.82) is 0 Å². The zero-order valence-electron chi connectivity index (χ0n) is 16.1. The van der Waals surface area contributed by atoms with Gasteiger partial charge < -0.3 is 9.84 Å². The monoisotopic (exact) mass is 377 g/mol. The second-order valence-electron chi connectivity index (χ2n) is 7.86. The number of aryl methyl sites for hydroxylation is 3. The first-order valence-electron chi connectivity index (χ1n) is 9.86. The highest BCUT2D eigenvalue weighted by atomic mass is 16.5. The van der Waals surface area contributed by atoms with Gasteiger partial charge in [0.2, 0.25) is 11.7 Å². The Morgan fingerprint density at radius 3 is 2.86 bits per heavy atom. The van der Waals surface area contributed by atoms with Crippen molar-refractivity contribution in [2.45, 2.75) is 51.0 Å². The van der Waals surface area contributed by atoms with E-state index in [9.17, 15) is 4.79 Å². The van der Waals surface area contributed by atoms with Crippen molar-refractivity contribution in [2.75, 3.05) is 0 Å². The first kappa shape index (κ1) is 17.2. The Bertz CT molecular complexity index is 1050. The summed E-state index contributed by atoms with van der Waals surface area (Å²) in [6, 6.07) is 6.25. The van der Waals surface area contributed by atoms with Gasteiger partial charge in [-0.25, -0.2) is 0 Å². The van der Waals surface area contributed by atoms with Crippen molar-refractivity contribution in [3.05, 3.63) is 52.7 Å². The number of amides is 1. The Hall–Kier alpha value is -2.96. The first-order valence-corrected chi connectivity index (χ1v) is 9.86. The van der Waals surface area contributed by atoms with E-state index in [0.717, 1.165) is 42.8 Å². The number of rotatable bonds is 4. The predicted octanol–water partition coefficient (Wildman–Crippen LogP) is 3.46. The van der Waals surface area contributed by atoms with Crippen molar-refractivity contribution < 1.29 is 9.32 Å². The van der Waals surface area contributed by atoms with E-state index in [1.165, 1.54) is 17.5 Å². The molecule has 1 aromatic carbocycles. The van der Waals surface area contributed by atoms with Gasteiger partial charge in [0.05, 0.1) is 17.3 Å². The molecular formula is C21H23N5O2. The number of benzene rings is 1. The van der Waals surface area contributed by atoms with Gasteiger partial charge in [-0.15, -0.1) is 0 Å². The summed E-state index contributed by atoms with van der Waals surface area (Å²) in [5.41, 5.74) is 4.75. The van der Waals surface area contributed by atoms with E-state index >= 15 is 0 Å². The maximum Gasteiger partial charge on any atom is 0.255 e. The normalized spacial score (nSPS) is 18.7. The zero-order valence-corrected chi connectivity index (χ0v) is 16.1. The molecule has 3 aromatic rings. The van der Waals surface area contributed by atoms with Crippen LogP contribution in [-0.4, -0.2) is 25.8 Å². The molecule has 0 bridgehead atoms. The minimum absolute atomic E-state index is 0.0203. The van der Waals surface area contributed by atoms with E-state index in [0.29, 0.717) is 17.3 Å². The van der Waals surface area contributed by atoms with E-state index in [1.807, 2.05) is 20.0 Å². The van der Waals surface area contributed by atoms with Gasteiger partial charge in [0, 0.05) is 24.7 Å². The summed E-state index contributed by atoms with van der Waals surface area (Å²) < 4.78 is 7.12. The fraction of sp³-hybridized carbons (Fsp3) is 0.429. The SMILES string of the molecule is Cc1nn(C)cc1C(=O)NC1CCc2cc(-c3noc(C4CCC4)n3)ccc21. The number of carbonyl (C=O) groups is 1. The number of fused-ring (bicyclic) bond motifs is 1. The molecule has 0 radical (unpaired) electrons. The summed E-state index contributed by atoms with van der Waals surface area (Å²) >= 11 is 0. The Morgan fingerprint density at radius 2 is 2.14 bits per heavy atom. The van der Waals surface area contributed by atoms with Gasteiger partial charge in [-0.1, -0.05) is 23.7 Å². The number of aromatic nitrogens is 4. The van der Waals surface area contributed by atoms with Crippen LogP contribution in [-0.2, 0) is 13.5 Å². The largest absolute Gasteiger partial charge is 0.345 e. The lowest BCUT2D eigenvalue weighted by Gasteiger charge is -2.20. The molecule has 7 heteroatoms. The highest BCUT2D eigenvalue weighted by Gasteiger charge is 2.28. The van der Waals surface area contributed by atoms with Crippen LogP contribution in [0.2, 0.25) is 0 Å². The molecule has 1 N–H and O–H groups in total. The van der Waals surface area contributed by atoms with Crippen LogP contribution in [0, 0.1) is 6.92 Å². The zero-order chi connectivity index (χ0) is 19.3. The molecule has 1 fully saturated rings. The maximum atomic E-state index is 12.6. The molecule has 1 amide bonds. The van der Waals surface area contributed by atoms with Gasteiger partial charge in [-0.3, -0.25) is 9.48 Å². The van der Waals surface area contributed by atoms with Gasteiger partial charge in [0.25, 0.3) is 5.91 Å². The van der Waals surface area contributed by atoms with E-state index in [4.69, 9.17) is 4.52 Å². The Labute approximate surface area is 163 Å². The summed E-state index contributed by atoms with van der Waals surface area (Å²) in [6.07, 6.45) is 7.11. The fourth-order valence-corrected chi connectivity index (χ4v) is 4.14. The molecule has 1 saturated carbocycles. The lowest BCUT2D eigenvalue weighted by atomic mass is 9.85. The lowest BCUT2D eigenvalue weighted by molar-refractivity contribution is 0.0936. The standard InChI is InChI=1S/C21H23N5O2/c1-12-17(11-26(2)24-12)20(27)22-18-9-7-14-10-15(6-8-16(14)18)19-23-21(28-25-19)13-4-3-5-13/h6,8,10-11,13,18H,3-5,7,9H2,1-2H3,(H,22,27). The summed E-state index contributed by atoms with van der Waals surface area (Å²) in [5.74, 6) is 1.78. The molecule has 2 aliphatic rings. The fourth-order valence-electron chi connectivity index (χ4n) is 4.14. The summed E-state index contributed by atoms with van der Waals surface area (Å²) in [5, 5.41) is 11.6. The molecule has 28 heavy (non-hydrogen) atoms. The molecule has 144 valence electrons. The highest BCUT2D eigenvalue weighted by Crippen LogP contribution is 2.37. The average molecular weight is 377 g/mol. The molecule has 2 aliphatic carbocycles. The lowest BCUT2D eigenvalue weighted by Crippen LogP contribution is -2.27. The Balaban J connectivity index is 1.34. The third kappa shape index (κ3) is 2.91. The molecule has 0 saturated heterocycles. The minimum atomic E-state index is -0.0733. The van der Waals surface area contributed by atoms with Crippen LogP contribution in [0.15, 0.2) is 28.9 Å². The van der Waals surface area contributed by atoms with Crippen LogP contribution in [0.5, 0.6) is 0 Å². The molecular weight excluding hydrogens is 354 g/mol. The third-order valence-electron chi connectivity index (χ3n) is 5.94. The number of hydrogen-bond acceptors (Lipinski definition) is 5. The molecule has 0 aliphatic heterocycles. The summed E-state index contributed by atoms with van der Waals surface area (Å²) in [6.45, 7) is 1.85. The summed E-state index contributed by atoms with van der Waals surface area (Å²) in [7, 11) is 1.82. The predicted molar refractivity (Wildman–Crippen MR) is 103 cm³/mol. The van der Waals surface area contributed by atoms with Crippen molar-refractivity contribution in [3.8, 4) is 11.4 Å². The molecule has 2 heterocycles. The molecule has 1 unspecified atom stereocenters. The Kier molecular flexibility index (Phi) is 4.03. The van der Waals surface area contributed by atoms with Crippen LogP contribution < -0.4 is 5.32 Å². The quantitative estimate of drug-likeness (QED) is 0.752.